The third-order valence-corrected chi connectivity index (χ3v) is 4.42. The Labute approximate surface area is 132 Å². The molecule has 0 saturated carbocycles. The highest BCUT2D eigenvalue weighted by Crippen LogP contribution is 2.14. The van der Waals surface area contributed by atoms with Crippen molar-refractivity contribution in [3.63, 3.8) is 0 Å². The highest BCUT2D eigenvalue weighted by atomic mass is 19.1. The van der Waals surface area contributed by atoms with E-state index in [1.54, 1.807) is 0 Å². The minimum Gasteiger partial charge on any atom is -0.360 e. The summed E-state index contributed by atoms with van der Waals surface area (Å²) >= 11 is 0. The average molecular weight is 308 g/mol. The zero-order chi connectivity index (χ0) is 15.9. The van der Waals surface area contributed by atoms with Crippen molar-refractivity contribution in [1.82, 2.24) is 5.32 Å². The molecule has 1 aliphatic heterocycles. The van der Waals surface area contributed by atoms with E-state index in [2.05, 4.69) is 24.1 Å². The van der Waals surface area contributed by atoms with Gasteiger partial charge in [-0.2, -0.15) is 0 Å². The lowest BCUT2D eigenvalue weighted by Crippen LogP contribution is -3.16. The molecule has 0 aromatic heterocycles. The van der Waals surface area contributed by atoms with Crippen LogP contribution < -0.4 is 15.1 Å². The lowest BCUT2D eigenvalue weighted by atomic mass is 10.2. The maximum atomic E-state index is 13.0. The van der Waals surface area contributed by atoms with Crippen LogP contribution in [0.1, 0.15) is 26.7 Å². The normalized spacial score (nSPS) is 16.1. The molecule has 1 aliphatic rings. The predicted molar refractivity (Wildman–Crippen MR) is 86.7 cm³/mol. The van der Waals surface area contributed by atoms with Gasteiger partial charge in [0, 0.05) is 11.7 Å². The molecule has 2 rings (SSSR count). The molecular formula is C17H27FN3O+. The number of carbonyl (C=O) groups excluding carboxylic acids is 1. The van der Waals surface area contributed by atoms with Crippen LogP contribution in [0.5, 0.6) is 0 Å². The first-order chi connectivity index (χ1) is 10.6. The van der Waals surface area contributed by atoms with E-state index in [0.717, 1.165) is 44.7 Å². The van der Waals surface area contributed by atoms with E-state index < -0.39 is 0 Å². The largest absolute Gasteiger partial charge is 0.360 e. The number of amides is 1. The van der Waals surface area contributed by atoms with Gasteiger partial charge in [-0.05, 0) is 37.1 Å². The molecule has 1 aromatic rings. The molecule has 5 heteroatoms. The summed E-state index contributed by atoms with van der Waals surface area (Å²) in [5, 5.41) is 3.10. The van der Waals surface area contributed by atoms with E-state index in [4.69, 9.17) is 0 Å². The van der Waals surface area contributed by atoms with Gasteiger partial charge in [0.25, 0.3) is 5.91 Å². The average Bonchev–Trinajstić information content (AvgIpc) is 2.54. The first-order valence-electron chi connectivity index (χ1n) is 8.25. The van der Waals surface area contributed by atoms with Gasteiger partial charge in [0.1, 0.15) is 5.82 Å². The number of nitrogens with zero attached hydrogens (tertiary/aromatic N) is 1. The molecule has 1 saturated heterocycles. The summed E-state index contributed by atoms with van der Waals surface area (Å²) in [6, 6.07) is 6.93. The molecule has 122 valence electrons. The van der Waals surface area contributed by atoms with Gasteiger partial charge in [0.2, 0.25) is 0 Å². The molecule has 1 heterocycles. The number of nitrogens with one attached hydrogen (secondary N) is 2. The number of rotatable bonds is 6. The lowest BCUT2D eigenvalue weighted by molar-refractivity contribution is -0.892. The summed E-state index contributed by atoms with van der Waals surface area (Å²) in [5.41, 5.74) is 1.06. The van der Waals surface area contributed by atoms with Crippen molar-refractivity contribution in [2.24, 2.45) is 0 Å². The molecule has 0 aliphatic carbocycles. The first kappa shape index (κ1) is 16.7. The quantitative estimate of drug-likeness (QED) is 0.817. The summed E-state index contributed by atoms with van der Waals surface area (Å²) in [4.78, 5) is 15.6. The van der Waals surface area contributed by atoms with Gasteiger partial charge in [0.15, 0.2) is 6.54 Å². The predicted octanol–water partition coefficient (Wildman–Crippen LogP) is 0.835. The zero-order valence-electron chi connectivity index (χ0n) is 13.6. The molecule has 0 spiro atoms. The molecule has 22 heavy (non-hydrogen) atoms. The summed E-state index contributed by atoms with van der Waals surface area (Å²) < 4.78 is 13.0. The summed E-state index contributed by atoms with van der Waals surface area (Å²) in [5.74, 6) is -0.0509. The number of carbonyl (C=O) groups is 1. The Bertz CT molecular complexity index is 465. The fourth-order valence-electron chi connectivity index (χ4n) is 2.91. The SMILES string of the molecule is CCC(CC)NC(=O)C[NH+]1CCN(c2ccc(F)cc2)CC1. The van der Waals surface area contributed by atoms with Gasteiger partial charge in [-0.3, -0.25) is 4.79 Å². The lowest BCUT2D eigenvalue weighted by Gasteiger charge is -2.33. The van der Waals surface area contributed by atoms with Crippen molar-refractivity contribution < 1.29 is 14.1 Å². The van der Waals surface area contributed by atoms with Gasteiger partial charge >= 0.3 is 0 Å². The van der Waals surface area contributed by atoms with Crippen LogP contribution in [-0.2, 0) is 4.79 Å². The van der Waals surface area contributed by atoms with Crippen LogP contribution in [0.25, 0.3) is 0 Å². The Kier molecular flexibility index (Phi) is 6.19. The molecule has 1 aromatic carbocycles. The highest BCUT2D eigenvalue weighted by molar-refractivity contribution is 5.77. The monoisotopic (exact) mass is 308 g/mol. The summed E-state index contributed by atoms with van der Waals surface area (Å²) in [6.07, 6.45) is 1.96. The summed E-state index contributed by atoms with van der Waals surface area (Å²) in [7, 11) is 0. The van der Waals surface area contributed by atoms with E-state index in [9.17, 15) is 9.18 Å². The number of anilines is 1. The third kappa shape index (κ3) is 4.70. The Morgan fingerprint density at radius 1 is 1.23 bits per heavy atom. The van der Waals surface area contributed by atoms with Crippen molar-refractivity contribution in [1.29, 1.82) is 0 Å². The van der Waals surface area contributed by atoms with Crippen molar-refractivity contribution in [3.05, 3.63) is 30.1 Å². The van der Waals surface area contributed by atoms with E-state index in [-0.39, 0.29) is 11.7 Å². The van der Waals surface area contributed by atoms with Gasteiger partial charge in [-0.25, -0.2) is 4.39 Å². The van der Waals surface area contributed by atoms with Gasteiger partial charge in [-0.15, -0.1) is 0 Å². The second-order valence-corrected chi connectivity index (χ2v) is 5.97. The molecule has 0 atom stereocenters. The van der Waals surface area contributed by atoms with Crippen LogP contribution in [0.15, 0.2) is 24.3 Å². The molecule has 0 bridgehead atoms. The fraction of sp³-hybridized carbons (Fsp3) is 0.588. The maximum absolute atomic E-state index is 13.0. The smallest absolute Gasteiger partial charge is 0.275 e. The summed E-state index contributed by atoms with van der Waals surface area (Å²) in [6.45, 7) is 8.43. The van der Waals surface area contributed by atoms with Crippen LogP contribution in [0.4, 0.5) is 10.1 Å². The minimum atomic E-state index is -0.203. The zero-order valence-corrected chi connectivity index (χ0v) is 13.6. The molecule has 4 nitrogen and oxygen atoms in total. The molecule has 2 N–H and O–H groups in total. The Morgan fingerprint density at radius 2 is 1.82 bits per heavy atom. The molecule has 1 amide bonds. The number of hydrogen-bond donors (Lipinski definition) is 2. The Morgan fingerprint density at radius 3 is 2.36 bits per heavy atom. The van der Waals surface area contributed by atoms with Crippen molar-refractivity contribution in [3.8, 4) is 0 Å². The van der Waals surface area contributed by atoms with Crippen molar-refractivity contribution in [2.45, 2.75) is 32.7 Å². The van der Waals surface area contributed by atoms with Gasteiger partial charge < -0.3 is 15.1 Å². The molecule has 0 radical (unpaired) electrons. The minimum absolute atomic E-state index is 0.152. The van der Waals surface area contributed by atoms with Gasteiger partial charge in [0.05, 0.1) is 26.2 Å². The molecule has 1 fully saturated rings. The number of halogens is 1. The van der Waals surface area contributed by atoms with Crippen LogP contribution in [0, 0.1) is 5.82 Å². The number of benzene rings is 1. The van der Waals surface area contributed by atoms with Gasteiger partial charge in [-0.1, -0.05) is 13.8 Å². The number of piperazine rings is 1. The Balaban J connectivity index is 1.77. The topological polar surface area (TPSA) is 36.8 Å². The van der Waals surface area contributed by atoms with Crippen molar-refractivity contribution in [2.75, 3.05) is 37.6 Å². The first-order valence-corrected chi connectivity index (χ1v) is 8.25. The van der Waals surface area contributed by atoms with E-state index in [1.807, 2.05) is 12.1 Å². The standard InChI is InChI=1S/C17H26FN3O/c1-3-15(4-2)19-17(22)13-20-9-11-21(12-10-20)16-7-5-14(18)6-8-16/h5-8,15H,3-4,9-13H2,1-2H3,(H,19,22)/p+1. The molecular weight excluding hydrogens is 281 g/mol. The van der Waals surface area contributed by atoms with Crippen LogP contribution in [0.3, 0.4) is 0 Å². The van der Waals surface area contributed by atoms with Crippen LogP contribution in [-0.4, -0.2) is 44.7 Å². The van der Waals surface area contributed by atoms with Crippen molar-refractivity contribution >= 4 is 11.6 Å². The number of quaternary nitrogens is 1. The van der Waals surface area contributed by atoms with Crippen LogP contribution >= 0.6 is 0 Å². The second kappa shape index (κ2) is 8.13. The second-order valence-electron chi connectivity index (χ2n) is 5.97. The van der Waals surface area contributed by atoms with E-state index in [1.165, 1.54) is 17.0 Å². The maximum Gasteiger partial charge on any atom is 0.275 e. The fourth-order valence-corrected chi connectivity index (χ4v) is 2.91. The van der Waals surface area contributed by atoms with E-state index in [0.29, 0.717) is 12.6 Å². The Hall–Kier alpha value is -1.62. The van der Waals surface area contributed by atoms with E-state index >= 15 is 0 Å². The molecule has 0 unspecified atom stereocenters. The number of hydrogen-bond acceptors (Lipinski definition) is 2. The third-order valence-electron chi connectivity index (χ3n) is 4.42. The van der Waals surface area contributed by atoms with Crippen LogP contribution in [0.2, 0.25) is 0 Å². The highest BCUT2D eigenvalue weighted by Gasteiger charge is 2.23.